The molecule has 0 saturated carbocycles. The van der Waals surface area contributed by atoms with Crippen molar-refractivity contribution in [3.8, 4) is 11.5 Å². The third-order valence-electron chi connectivity index (χ3n) is 5.45. The van der Waals surface area contributed by atoms with Crippen LogP contribution in [0, 0.1) is 11.3 Å². The fourth-order valence-corrected chi connectivity index (χ4v) is 3.77. The molecule has 1 aromatic heterocycles. The zero-order valence-electron chi connectivity index (χ0n) is 16.5. The quantitative estimate of drug-likeness (QED) is 0.897. The highest BCUT2D eigenvalue weighted by molar-refractivity contribution is 5.91. The van der Waals surface area contributed by atoms with Crippen LogP contribution in [0.2, 0.25) is 0 Å². The molecule has 1 aliphatic rings. The Hall–Kier alpha value is -2.24. The molecule has 0 aliphatic carbocycles. The molecular formula is C20H30N4O2. The van der Waals surface area contributed by atoms with Crippen LogP contribution in [0.3, 0.4) is 0 Å². The molecule has 2 aromatic rings. The first-order chi connectivity index (χ1) is 12.3. The molecule has 1 unspecified atom stereocenters. The van der Waals surface area contributed by atoms with Gasteiger partial charge in [0.2, 0.25) is 5.95 Å². The Morgan fingerprint density at radius 2 is 1.73 bits per heavy atom. The molecular weight excluding hydrogens is 328 g/mol. The van der Waals surface area contributed by atoms with E-state index in [1.807, 2.05) is 12.1 Å². The molecule has 0 radical (unpaired) electrons. The van der Waals surface area contributed by atoms with Crippen LogP contribution in [0.15, 0.2) is 12.1 Å². The molecule has 0 bridgehead atoms. The number of hydrogen-bond donors (Lipinski definition) is 1. The van der Waals surface area contributed by atoms with Gasteiger partial charge in [0.15, 0.2) is 11.5 Å². The van der Waals surface area contributed by atoms with Gasteiger partial charge in [-0.3, -0.25) is 0 Å². The summed E-state index contributed by atoms with van der Waals surface area (Å²) in [7, 11) is 3.23. The molecule has 2 N–H and O–H groups in total. The van der Waals surface area contributed by atoms with E-state index in [1.54, 1.807) is 14.2 Å². The SMILES string of the molecule is COc1cc2nc(N3CCCC(C(C)(C)C)CC3)nc(N)c2cc1OC. The lowest BCUT2D eigenvalue weighted by Crippen LogP contribution is -2.28. The molecule has 0 amide bonds. The second kappa shape index (κ2) is 7.17. The number of fused-ring (bicyclic) bond motifs is 1. The summed E-state index contributed by atoms with van der Waals surface area (Å²) >= 11 is 0. The summed E-state index contributed by atoms with van der Waals surface area (Å²) in [6.07, 6.45) is 3.54. The fraction of sp³-hybridized carbons (Fsp3) is 0.600. The Bertz CT molecular complexity index is 785. The topological polar surface area (TPSA) is 73.5 Å². The summed E-state index contributed by atoms with van der Waals surface area (Å²) in [5.74, 6) is 3.17. The first-order valence-electron chi connectivity index (χ1n) is 9.27. The monoisotopic (exact) mass is 358 g/mol. The highest BCUT2D eigenvalue weighted by Gasteiger charge is 2.28. The van der Waals surface area contributed by atoms with Gasteiger partial charge in [-0.2, -0.15) is 4.98 Å². The highest BCUT2D eigenvalue weighted by atomic mass is 16.5. The van der Waals surface area contributed by atoms with Crippen LogP contribution in [0.1, 0.15) is 40.0 Å². The average molecular weight is 358 g/mol. The van der Waals surface area contributed by atoms with Crippen molar-refractivity contribution >= 4 is 22.7 Å². The van der Waals surface area contributed by atoms with E-state index in [0.717, 1.165) is 42.8 Å². The van der Waals surface area contributed by atoms with E-state index in [2.05, 4.69) is 30.7 Å². The van der Waals surface area contributed by atoms with Gasteiger partial charge >= 0.3 is 0 Å². The van der Waals surface area contributed by atoms with Gasteiger partial charge in [0, 0.05) is 24.5 Å². The van der Waals surface area contributed by atoms with Crippen LogP contribution in [-0.2, 0) is 0 Å². The molecule has 0 spiro atoms. The Balaban J connectivity index is 1.93. The van der Waals surface area contributed by atoms with Crippen molar-refractivity contribution < 1.29 is 9.47 Å². The maximum absolute atomic E-state index is 6.24. The number of methoxy groups -OCH3 is 2. The molecule has 1 saturated heterocycles. The Labute approximate surface area is 155 Å². The summed E-state index contributed by atoms with van der Waals surface area (Å²) in [5, 5.41) is 0.786. The molecule has 1 atom stereocenters. The number of ether oxygens (including phenoxy) is 2. The summed E-state index contributed by atoms with van der Waals surface area (Å²) in [5.41, 5.74) is 7.36. The average Bonchev–Trinajstić information content (AvgIpc) is 2.86. The molecule has 1 aliphatic heterocycles. The number of nitrogen functional groups attached to an aromatic ring is 1. The van der Waals surface area contributed by atoms with E-state index in [-0.39, 0.29) is 0 Å². The molecule has 3 rings (SSSR count). The lowest BCUT2D eigenvalue weighted by Gasteiger charge is -2.29. The molecule has 6 nitrogen and oxygen atoms in total. The van der Waals surface area contributed by atoms with Gasteiger partial charge in [-0.1, -0.05) is 20.8 Å². The molecule has 6 heteroatoms. The summed E-state index contributed by atoms with van der Waals surface area (Å²) < 4.78 is 10.8. The molecule has 142 valence electrons. The second-order valence-corrected chi connectivity index (χ2v) is 8.11. The molecule has 1 aromatic carbocycles. The lowest BCUT2D eigenvalue weighted by atomic mass is 9.77. The molecule has 26 heavy (non-hydrogen) atoms. The standard InChI is InChI=1S/C20H30N4O2/c1-20(2,3)13-7-6-9-24(10-8-13)19-22-15-12-17(26-5)16(25-4)11-14(15)18(21)23-19/h11-13H,6-10H2,1-5H3,(H2,21,22,23). The van der Waals surface area contributed by atoms with Crippen molar-refractivity contribution in [2.75, 3.05) is 37.9 Å². The zero-order valence-corrected chi connectivity index (χ0v) is 16.5. The predicted molar refractivity (Wildman–Crippen MR) is 106 cm³/mol. The minimum atomic E-state index is 0.337. The number of nitrogens with zero attached hydrogens (tertiary/aromatic N) is 3. The van der Waals surface area contributed by atoms with Crippen molar-refractivity contribution in [2.45, 2.75) is 40.0 Å². The Morgan fingerprint density at radius 3 is 2.38 bits per heavy atom. The van der Waals surface area contributed by atoms with Gasteiger partial charge in [-0.05, 0) is 36.7 Å². The maximum atomic E-state index is 6.24. The van der Waals surface area contributed by atoms with E-state index < -0.39 is 0 Å². The van der Waals surface area contributed by atoms with Crippen molar-refractivity contribution in [3.63, 3.8) is 0 Å². The smallest absolute Gasteiger partial charge is 0.227 e. The number of anilines is 2. The zero-order chi connectivity index (χ0) is 18.9. The minimum absolute atomic E-state index is 0.337. The van der Waals surface area contributed by atoms with Crippen molar-refractivity contribution in [1.29, 1.82) is 0 Å². The number of nitrogens with two attached hydrogens (primary N) is 1. The highest BCUT2D eigenvalue weighted by Crippen LogP contribution is 2.36. The van der Waals surface area contributed by atoms with Gasteiger partial charge in [-0.25, -0.2) is 4.98 Å². The van der Waals surface area contributed by atoms with Crippen LogP contribution >= 0.6 is 0 Å². The lowest BCUT2D eigenvalue weighted by molar-refractivity contribution is 0.220. The van der Waals surface area contributed by atoms with Crippen LogP contribution in [-0.4, -0.2) is 37.3 Å². The van der Waals surface area contributed by atoms with E-state index in [4.69, 9.17) is 20.2 Å². The van der Waals surface area contributed by atoms with Gasteiger partial charge in [0.25, 0.3) is 0 Å². The largest absolute Gasteiger partial charge is 0.493 e. The third kappa shape index (κ3) is 3.64. The second-order valence-electron chi connectivity index (χ2n) is 8.11. The molecule has 2 heterocycles. The van der Waals surface area contributed by atoms with Crippen molar-refractivity contribution in [1.82, 2.24) is 9.97 Å². The van der Waals surface area contributed by atoms with Gasteiger partial charge in [0.1, 0.15) is 5.82 Å². The maximum Gasteiger partial charge on any atom is 0.227 e. The predicted octanol–water partition coefficient (Wildman–Crippen LogP) is 3.88. The van der Waals surface area contributed by atoms with E-state index in [0.29, 0.717) is 28.7 Å². The first-order valence-corrected chi connectivity index (χ1v) is 9.27. The van der Waals surface area contributed by atoms with E-state index in [9.17, 15) is 0 Å². The number of aromatic nitrogens is 2. The van der Waals surface area contributed by atoms with Crippen LogP contribution < -0.4 is 20.1 Å². The van der Waals surface area contributed by atoms with E-state index in [1.165, 1.54) is 6.42 Å². The summed E-state index contributed by atoms with van der Waals surface area (Å²) in [6, 6.07) is 3.71. The number of hydrogen-bond acceptors (Lipinski definition) is 6. The van der Waals surface area contributed by atoms with Crippen LogP contribution in [0.5, 0.6) is 11.5 Å². The minimum Gasteiger partial charge on any atom is -0.493 e. The normalized spacial score (nSPS) is 18.7. The van der Waals surface area contributed by atoms with Gasteiger partial charge < -0.3 is 20.1 Å². The van der Waals surface area contributed by atoms with Crippen LogP contribution in [0.25, 0.3) is 10.9 Å². The molecule has 1 fully saturated rings. The van der Waals surface area contributed by atoms with Gasteiger partial charge in [0.05, 0.1) is 19.7 Å². The van der Waals surface area contributed by atoms with Crippen molar-refractivity contribution in [2.24, 2.45) is 11.3 Å². The fourth-order valence-electron chi connectivity index (χ4n) is 3.77. The Kier molecular flexibility index (Phi) is 5.12. The Morgan fingerprint density at radius 1 is 1.04 bits per heavy atom. The van der Waals surface area contributed by atoms with Crippen molar-refractivity contribution in [3.05, 3.63) is 12.1 Å². The third-order valence-corrected chi connectivity index (χ3v) is 5.45. The van der Waals surface area contributed by atoms with Gasteiger partial charge in [-0.15, -0.1) is 0 Å². The summed E-state index contributed by atoms with van der Waals surface area (Å²) in [4.78, 5) is 11.6. The number of rotatable bonds is 3. The summed E-state index contributed by atoms with van der Waals surface area (Å²) in [6.45, 7) is 8.91. The first kappa shape index (κ1) is 18.5. The van der Waals surface area contributed by atoms with Crippen LogP contribution in [0.4, 0.5) is 11.8 Å². The number of benzene rings is 1. The van der Waals surface area contributed by atoms with E-state index >= 15 is 0 Å².